The van der Waals surface area contributed by atoms with Gasteiger partial charge in [0, 0.05) is 23.4 Å². The summed E-state index contributed by atoms with van der Waals surface area (Å²) in [4.78, 5) is 12.2. The number of nitrogens with one attached hydrogen (secondary N) is 1. The van der Waals surface area contributed by atoms with Crippen LogP contribution in [0.15, 0.2) is 53.1 Å². The molecule has 0 aliphatic carbocycles. The highest BCUT2D eigenvalue weighted by Gasteiger charge is 2.16. The van der Waals surface area contributed by atoms with Gasteiger partial charge in [0.2, 0.25) is 5.91 Å². The Hall–Kier alpha value is -3.48. The van der Waals surface area contributed by atoms with Gasteiger partial charge in [-0.2, -0.15) is 0 Å². The molecule has 138 valence electrons. The normalized spacial score (nSPS) is 12.5. The highest BCUT2D eigenvalue weighted by Crippen LogP contribution is 2.34. The van der Waals surface area contributed by atoms with Crippen molar-refractivity contribution in [3.63, 3.8) is 0 Å². The first-order valence-electron chi connectivity index (χ1n) is 8.51. The lowest BCUT2D eigenvalue weighted by Gasteiger charge is -2.18. The number of benzene rings is 2. The predicted octanol–water partition coefficient (Wildman–Crippen LogP) is 3.30. The van der Waals surface area contributed by atoms with Gasteiger partial charge < -0.3 is 24.1 Å². The Morgan fingerprint density at radius 2 is 1.96 bits per heavy atom. The van der Waals surface area contributed by atoms with Gasteiger partial charge >= 0.3 is 0 Å². The van der Waals surface area contributed by atoms with E-state index in [1.54, 1.807) is 25.3 Å². The summed E-state index contributed by atoms with van der Waals surface area (Å²) in [6.07, 6.45) is 0.102. The number of methoxy groups -OCH3 is 1. The van der Waals surface area contributed by atoms with E-state index in [0.29, 0.717) is 47.6 Å². The Morgan fingerprint density at radius 3 is 2.81 bits per heavy atom. The SMILES string of the molecule is COc1cccc(NC(=O)Cc2cc(-c3ccc4c(c3)OCCO4)on2)c1. The van der Waals surface area contributed by atoms with Crippen molar-refractivity contribution < 1.29 is 23.5 Å². The molecule has 1 aliphatic rings. The highest BCUT2D eigenvalue weighted by atomic mass is 16.6. The van der Waals surface area contributed by atoms with E-state index in [1.807, 2.05) is 30.3 Å². The number of nitrogens with zero attached hydrogens (tertiary/aromatic N) is 1. The summed E-state index contributed by atoms with van der Waals surface area (Å²) in [7, 11) is 1.58. The van der Waals surface area contributed by atoms with Crippen molar-refractivity contribution in [3.05, 3.63) is 54.2 Å². The van der Waals surface area contributed by atoms with Gasteiger partial charge in [-0.15, -0.1) is 0 Å². The maximum Gasteiger partial charge on any atom is 0.230 e. The van der Waals surface area contributed by atoms with Crippen LogP contribution < -0.4 is 19.5 Å². The van der Waals surface area contributed by atoms with Crippen molar-refractivity contribution in [1.82, 2.24) is 5.16 Å². The third kappa shape index (κ3) is 3.87. The zero-order chi connectivity index (χ0) is 18.6. The van der Waals surface area contributed by atoms with Crippen molar-refractivity contribution in [2.45, 2.75) is 6.42 Å². The molecule has 7 heteroatoms. The highest BCUT2D eigenvalue weighted by molar-refractivity contribution is 5.92. The third-order valence-corrected chi connectivity index (χ3v) is 4.08. The van der Waals surface area contributed by atoms with Crippen LogP contribution in [0, 0.1) is 0 Å². The number of anilines is 1. The molecule has 2 aromatic carbocycles. The Labute approximate surface area is 155 Å². The van der Waals surface area contributed by atoms with Crippen LogP contribution in [-0.2, 0) is 11.2 Å². The molecule has 0 saturated carbocycles. The monoisotopic (exact) mass is 366 g/mol. The quantitative estimate of drug-likeness (QED) is 0.746. The molecule has 27 heavy (non-hydrogen) atoms. The van der Waals surface area contributed by atoms with Crippen LogP contribution in [-0.4, -0.2) is 31.4 Å². The molecule has 1 aliphatic heterocycles. The molecule has 0 saturated heterocycles. The van der Waals surface area contributed by atoms with Crippen LogP contribution in [0.3, 0.4) is 0 Å². The number of ether oxygens (including phenoxy) is 3. The van der Waals surface area contributed by atoms with Crippen molar-refractivity contribution in [2.75, 3.05) is 25.6 Å². The molecular weight excluding hydrogens is 348 g/mol. The summed E-state index contributed by atoms with van der Waals surface area (Å²) in [5.41, 5.74) is 2.02. The zero-order valence-corrected chi connectivity index (χ0v) is 14.7. The maximum absolute atomic E-state index is 12.2. The minimum Gasteiger partial charge on any atom is -0.497 e. The Kier molecular flexibility index (Phi) is 4.65. The first-order chi connectivity index (χ1) is 13.2. The molecule has 4 rings (SSSR count). The molecule has 0 fully saturated rings. The van der Waals surface area contributed by atoms with E-state index in [2.05, 4.69) is 10.5 Å². The number of aromatic nitrogens is 1. The molecule has 1 aromatic heterocycles. The Morgan fingerprint density at radius 1 is 1.11 bits per heavy atom. The summed E-state index contributed by atoms with van der Waals surface area (Å²) in [6.45, 7) is 1.06. The van der Waals surface area contributed by atoms with E-state index in [1.165, 1.54) is 0 Å². The number of rotatable bonds is 5. The van der Waals surface area contributed by atoms with Gasteiger partial charge in [-0.1, -0.05) is 11.2 Å². The number of amides is 1. The van der Waals surface area contributed by atoms with Crippen LogP contribution >= 0.6 is 0 Å². The number of carbonyl (C=O) groups excluding carboxylic acids is 1. The van der Waals surface area contributed by atoms with Gasteiger partial charge in [0.15, 0.2) is 17.3 Å². The van der Waals surface area contributed by atoms with E-state index >= 15 is 0 Å². The second-order valence-corrected chi connectivity index (χ2v) is 6.00. The second kappa shape index (κ2) is 7.41. The summed E-state index contributed by atoms with van der Waals surface area (Å²) in [5.74, 6) is 2.44. The lowest BCUT2D eigenvalue weighted by Crippen LogP contribution is -2.15. The standard InChI is InChI=1S/C20H18N2O5/c1-24-16-4-2-3-14(10-16)21-20(23)12-15-11-18(27-22-15)13-5-6-17-19(9-13)26-8-7-25-17/h2-6,9-11H,7-8,12H2,1H3,(H,21,23). The molecule has 0 radical (unpaired) electrons. The van der Waals surface area contributed by atoms with Crippen molar-refractivity contribution in [1.29, 1.82) is 0 Å². The van der Waals surface area contributed by atoms with E-state index in [9.17, 15) is 4.79 Å². The number of fused-ring (bicyclic) bond motifs is 1. The number of carbonyl (C=O) groups is 1. The van der Waals surface area contributed by atoms with Gasteiger partial charge in [0.25, 0.3) is 0 Å². The van der Waals surface area contributed by atoms with Gasteiger partial charge in [0.05, 0.1) is 19.2 Å². The fraction of sp³-hybridized carbons (Fsp3) is 0.200. The van der Waals surface area contributed by atoms with E-state index in [-0.39, 0.29) is 12.3 Å². The van der Waals surface area contributed by atoms with Crippen LogP contribution in [0.5, 0.6) is 17.2 Å². The molecule has 7 nitrogen and oxygen atoms in total. The molecule has 1 N–H and O–H groups in total. The van der Waals surface area contributed by atoms with E-state index < -0.39 is 0 Å². The van der Waals surface area contributed by atoms with Crippen LogP contribution in [0.2, 0.25) is 0 Å². The van der Waals surface area contributed by atoms with E-state index in [4.69, 9.17) is 18.7 Å². The molecule has 2 heterocycles. The Bertz CT molecular complexity index is 967. The summed E-state index contributed by atoms with van der Waals surface area (Å²) >= 11 is 0. The largest absolute Gasteiger partial charge is 0.497 e. The van der Waals surface area contributed by atoms with E-state index in [0.717, 1.165) is 5.56 Å². The van der Waals surface area contributed by atoms with Gasteiger partial charge in [-0.3, -0.25) is 4.79 Å². The van der Waals surface area contributed by atoms with Crippen LogP contribution in [0.1, 0.15) is 5.69 Å². The number of hydrogen-bond acceptors (Lipinski definition) is 6. The molecule has 0 atom stereocenters. The first kappa shape index (κ1) is 17.0. The minimum absolute atomic E-state index is 0.102. The fourth-order valence-electron chi connectivity index (χ4n) is 2.80. The summed E-state index contributed by atoms with van der Waals surface area (Å²) in [6, 6.07) is 14.5. The lowest BCUT2D eigenvalue weighted by atomic mass is 10.1. The van der Waals surface area contributed by atoms with Gasteiger partial charge in [-0.25, -0.2) is 0 Å². The summed E-state index contributed by atoms with van der Waals surface area (Å²) in [5, 5.41) is 6.81. The molecule has 1 amide bonds. The first-order valence-corrected chi connectivity index (χ1v) is 8.51. The van der Waals surface area contributed by atoms with Crippen molar-refractivity contribution in [3.8, 4) is 28.6 Å². The molecular formula is C20H18N2O5. The predicted molar refractivity (Wildman–Crippen MR) is 98.3 cm³/mol. The molecule has 3 aromatic rings. The fourth-order valence-corrected chi connectivity index (χ4v) is 2.80. The average Bonchev–Trinajstić information content (AvgIpc) is 3.16. The van der Waals surface area contributed by atoms with Gasteiger partial charge in [0.1, 0.15) is 19.0 Å². The smallest absolute Gasteiger partial charge is 0.230 e. The lowest BCUT2D eigenvalue weighted by molar-refractivity contribution is -0.115. The zero-order valence-electron chi connectivity index (χ0n) is 14.7. The van der Waals surface area contributed by atoms with Gasteiger partial charge in [-0.05, 0) is 30.3 Å². The number of hydrogen-bond donors (Lipinski definition) is 1. The maximum atomic E-state index is 12.2. The second-order valence-electron chi connectivity index (χ2n) is 6.00. The minimum atomic E-state index is -0.190. The average molecular weight is 366 g/mol. The van der Waals surface area contributed by atoms with Crippen molar-refractivity contribution in [2.24, 2.45) is 0 Å². The summed E-state index contributed by atoms with van der Waals surface area (Å²) < 4.78 is 21.6. The van der Waals surface area contributed by atoms with Crippen molar-refractivity contribution >= 4 is 11.6 Å². The van der Waals surface area contributed by atoms with Crippen LogP contribution in [0.25, 0.3) is 11.3 Å². The molecule has 0 bridgehead atoms. The Balaban J connectivity index is 1.44. The third-order valence-electron chi connectivity index (χ3n) is 4.08. The molecule has 0 spiro atoms. The topological polar surface area (TPSA) is 82.8 Å². The van der Waals surface area contributed by atoms with Crippen LogP contribution in [0.4, 0.5) is 5.69 Å². The molecule has 0 unspecified atom stereocenters.